The summed E-state index contributed by atoms with van der Waals surface area (Å²) in [7, 11) is 4.10. The quantitative estimate of drug-likeness (QED) is 0.207. The smallest absolute Gasteiger partial charge is 0.327 e. The van der Waals surface area contributed by atoms with Crippen molar-refractivity contribution in [3.8, 4) is 17.2 Å². The number of hydrogen-bond donors (Lipinski definition) is 2. The third-order valence-electron chi connectivity index (χ3n) is 9.71. The molecule has 7 rings (SSSR count). The fourth-order valence-electron chi connectivity index (χ4n) is 6.88. The fourth-order valence-corrected chi connectivity index (χ4v) is 6.88. The molecule has 2 saturated heterocycles. The van der Waals surface area contributed by atoms with E-state index < -0.39 is 0 Å². The number of piperidine rings is 1. The third-order valence-corrected chi connectivity index (χ3v) is 9.71. The fraction of sp³-hybridized carbons (Fsp3) is 0.297. The van der Waals surface area contributed by atoms with Crippen LogP contribution in [0.2, 0.25) is 0 Å². The number of benzene rings is 2. The molecule has 2 amide bonds. The second kappa shape index (κ2) is 13.7. The molecule has 0 saturated carbocycles. The van der Waals surface area contributed by atoms with Crippen molar-refractivity contribution < 1.29 is 4.79 Å². The lowest BCUT2D eigenvalue weighted by Gasteiger charge is -2.44. The number of likely N-dealkylation sites (tertiary alicyclic amines) is 1. The summed E-state index contributed by atoms with van der Waals surface area (Å²) in [5, 5.41) is 20.4. The highest BCUT2D eigenvalue weighted by Gasteiger charge is 2.41. The van der Waals surface area contributed by atoms with Crippen molar-refractivity contribution >= 4 is 35.0 Å². The molecule has 1 spiro atoms. The topological polar surface area (TPSA) is 131 Å². The molecular formula is C37H39N11O. The highest BCUT2D eigenvalue weighted by Crippen LogP contribution is 2.38. The van der Waals surface area contributed by atoms with E-state index in [9.17, 15) is 10.1 Å². The molecule has 2 N–H and O–H groups in total. The van der Waals surface area contributed by atoms with Crippen LogP contribution in [0.5, 0.6) is 0 Å². The van der Waals surface area contributed by atoms with Gasteiger partial charge in [-0.15, -0.1) is 0 Å². The minimum atomic E-state index is -0.307. The van der Waals surface area contributed by atoms with Crippen molar-refractivity contribution in [1.29, 1.82) is 5.26 Å². The largest absolute Gasteiger partial charge is 0.355 e. The van der Waals surface area contributed by atoms with E-state index in [-0.39, 0.29) is 11.6 Å². The van der Waals surface area contributed by atoms with Crippen molar-refractivity contribution in [2.75, 3.05) is 41.8 Å². The number of urea groups is 1. The lowest BCUT2D eigenvalue weighted by molar-refractivity contribution is 0.137. The van der Waals surface area contributed by atoms with Gasteiger partial charge >= 0.3 is 6.03 Å². The van der Waals surface area contributed by atoms with Crippen molar-refractivity contribution in [3.63, 3.8) is 0 Å². The van der Waals surface area contributed by atoms with Gasteiger partial charge in [-0.05, 0) is 81.2 Å². The number of rotatable bonds is 8. The van der Waals surface area contributed by atoms with Crippen LogP contribution in [0.1, 0.15) is 36.8 Å². The summed E-state index contributed by atoms with van der Waals surface area (Å²) in [6.07, 6.45) is 11.6. The normalized spacial score (nSPS) is 15.6. The molecule has 12 nitrogen and oxygen atoms in total. The SMILES string of the molecule is CN1CCCC12CCN(c1nc(Nc3ccc(N(C(=O)NCc4ccccc4)c4ccc(-c5cnn(C)c5)cn4)cc3)ncc1C#N)CC2. The summed E-state index contributed by atoms with van der Waals surface area (Å²) in [4.78, 5) is 33.9. The van der Waals surface area contributed by atoms with E-state index in [0.717, 1.165) is 54.9 Å². The van der Waals surface area contributed by atoms with E-state index in [0.29, 0.717) is 35.4 Å². The molecule has 2 aliphatic rings. The summed E-state index contributed by atoms with van der Waals surface area (Å²) in [5.74, 6) is 1.55. The molecule has 2 fully saturated rings. The number of carbonyl (C=O) groups is 1. The summed E-state index contributed by atoms with van der Waals surface area (Å²) < 4.78 is 1.74. The Morgan fingerprint density at radius 1 is 0.918 bits per heavy atom. The number of aryl methyl sites for hydroxylation is 1. The standard InChI is InChI=1S/C37H39N11O/c1-45-18-6-15-37(45)16-19-47(20-17-37)34-29(21-38)24-40-35(44-34)43-31-10-12-32(13-11-31)48(36(49)41-22-27-7-4-3-5-8-27)33-14-9-28(23-39-33)30-25-42-46(2)26-30/h3-5,7-14,23-26H,6,15-20,22H2,1-2H3,(H,41,49)(H,40,43,44). The summed E-state index contributed by atoms with van der Waals surface area (Å²) >= 11 is 0. The van der Waals surface area contributed by atoms with Gasteiger partial charge in [0.05, 0.1) is 18.1 Å². The highest BCUT2D eigenvalue weighted by atomic mass is 16.2. The Labute approximate surface area is 286 Å². The maximum Gasteiger partial charge on any atom is 0.327 e. The van der Waals surface area contributed by atoms with Gasteiger partial charge in [-0.3, -0.25) is 4.68 Å². The minimum Gasteiger partial charge on any atom is -0.355 e. The van der Waals surface area contributed by atoms with Crippen LogP contribution in [-0.4, -0.2) is 67.9 Å². The van der Waals surface area contributed by atoms with Gasteiger partial charge in [0.1, 0.15) is 17.5 Å². The van der Waals surface area contributed by atoms with Gasteiger partial charge in [0, 0.05) is 61.4 Å². The molecule has 3 aromatic heterocycles. The number of pyridine rings is 1. The van der Waals surface area contributed by atoms with Gasteiger partial charge in [-0.2, -0.15) is 15.3 Å². The predicted molar refractivity (Wildman–Crippen MR) is 190 cm³/mol. The number of amides is 2. The molecule has 2 aliphatic heterocycles. The number of carbonyl (C=O) groups excluding carboxylic acids is 1. The molecule has 2 aromatic carbocycles. The lowest BCUT2D eigenvalue weighted by atomic mass is 9.85. The maximum absolute atomic E-state index is 13.7. The Bertz CT molecular complexity index is 1940. The van der Waals surface area contributed by atoms with Crippen LogP contribution < -0.4 is 20.4 Å². The third kappa shape index (κ3) is 6.79. The van der Waals surface area contributed by atoms with E-state index in [1.165, 1.54) is 12.8 Å². The van der Waals surface area contributed by atoms with Crippen LogP contribution in [0.25, 0.3) is 11.1 Å². The molecule has 49 heavy (non-hydrogen) atoms. The summed E-state index contributed by atoms with van der Waals surface area (Å²) in [6.45, 7) is 3.22. The van der Waals surface area contributed by atoms with Crippen molar-refractivity contribution in [2.45, 2.75) is 37.8 Å². The average molecular weight is 654 g/mol. The first-order valence-corrected chi connectivity index (χ1v) is 16.6. The molecule has 0 bridgehead atoms. The molecular weight excluding hydrogens is 614 g/mol. The Kier molecular flexibility index (Phi) is 8.91. The summed E-state index contributed by atoms with van der Waals surface area (Å²) in [6, 6.07) is 23.0. The number of nitrogens with zero attached hydrogens (tertiary/aromatic N) is 9. The van der Waals surface area contributed by atoms with Gasteiger partial charge in [-0.1, -0.05) is 30.3 Å². The number of hydrogen-bond acceptors (Lipinski definition) is 9. The van der Waals surface area contributed by atoms with Gasteiger partial charge < -0.3 is 20.4 Å². The van der Waals surface area contributed by atoms with Crippen LogP contribution >= 0.6 is 0 Å². The van der Waals surface area contributed by atoms with Gasteiger partial charge in [0.2, 0.25) is 5.95 Å². The molecule has 0 atom stereocenters. The molecule has 0 unspecified atom stereocenters. The van der Waals surface area contributed by atoms with Crippen LogP contribution in [0.15, 0.2) is 91.5 Å². The van der Waals surface area contributed by atoms with Crippen molar-refractivity contribution in [3.05, 3.63) is 103 Å². The van der Waals surface area contributed by atoms with Crippen LogP contribution in [-0.2, 0) is 13.6 Å². The Morgan fingerprint density at radius 2 is 1.71 bits per heavy atom. The molecule has 12 heteroatoms. The minimum absolute atomic E-state index is 0.266. The Hall–Kier alpha value is -5.80. The number of aromatic nitrogens is 5. The summed E-state index contributed by atoms with van der Waals surface area (Å²) in [5.41, 5.74) is 4.95. The van der Waals surface area contributed by atoms with E-state index >= 15 is 0 Å². The zero-order valence-electron chi connectivity index (χ0n) is 27.8. The monoisotopic (exact) mass is 653 g/mol. The van der Waals surface area contributed by atoms with Crippen molar-refractivity contribution in [1.82, 2.24) is 34.9 Å². The first kappa shape index (κ1) is 31.8. The zero-order chi connectivity index (χ0) is 33.8. The Balaban J connectivity index is 1.10. The molecule has 5 aromatic rings. The molecule has 0 radical (unpaired) electrons. The van der Waals surface area contributed by atoms with Gasteiger partial charge in [0.25, 0.3) is 0 Å². The van der Waals surface area contributed by atoms with Gasteiger partial charge in [0.15, 0.2) is 5.82 Å². The van der Waals surface area contributed by atoms with Gasteiger partial charge in [-0.25, -0.2) is 19.7 Å². The molecule has 5 heterocycles. The second-order valence-corrected chi connectivity index (χ2v) is 12.7. The first-order chi connectivity index (χ1) is 23.9. The zero-order valence-corrected chi connectivity index (χ0v) is 27.8. The first-order valence-electron chi connectivity index (χ1n) is 16.6. The van der Waals surface area contributed by atoms with Crippen LogP contribution in [0.3, 0.4) is 0 Å². The highest BCUT2D eigenvalue weighted by molar-refractivity contribution is 5.98. The van der Waals surface area contributed by atoms with E-state index in [1.807, 2.05) is 80.0 Å². The number of nitriles is 1. The maximum atomic E-state index is 13.7. The van der Waals surface area contributed by atoms with Crippen LogP contribution in [0.4, 0.5) is 33.8 Å². The molecule has 0 aliphatic carbocycles. The lowest BCUT2D eigenvalue weighted by Crippen LogP contribution is -2.51. The second-order valence-electron chi connectivity index (χ2n) is 12.7. The Morgan fingerprint density at radius 3 is 2.37 bits per heavy atom. The van der Waals surface area contributed by atoms with Crippen LogP contribution in [0, 0.1) is 11.3 Å². The van der Waals surface area contributed by atoms with E-state index in [4.69, 9.17) is 4.98 Å². The van der Waals surface area contributed by atoms with E-state index in [1.54, 1.807) is 28.2 Å². The van der Waals surface area contributed by atoms with Crippen molar-refractivity contribution in [2.24, 2.45) is 7.05 Å². The van der Waals surface area contributed by atoms with E-state index in [2.05, 4.69) is 48.6 Å². The predicted octanol–water partition coefficient (Wildman–Crippen LogP) is 6.00. The molecule has 248 valence electrons. The number of anilines is 5. The number of nitrogens with one attached hydrogen (secondary N) is 2. The average Bonchev–Trinajstić information content (AvgIpc) is 3.73.